The molecule has 0 bridgehead atoms. The van der Waals surface area contributed by atoms with Gasteiger partial charge in [0.25, 0.3) is 9.84 Å². The molecular formula is C21H20F3N3O4S. The minimum absolute atomic E-state index is 0.0124. The van der Waals surface area contributed by atoms with Gasteiger partial charge in [0.2, 0.25) is 0 Å². The fourth-order valence-electron chi connectivity index (χ4n) is 3.68. The predicted octanol–water partition coefficient (Wildman–Crippen LogP) is 4.42. The number of aliphatic imine (C=N–C) groups is 1. The highest BCUT2D eigenvalue weighted by Crippen LogP contribution is 2.41. The summed E-state index contributed by atoms with van der Waals surface area (Å²) in [4.78, 5) is 3.59. The number of aromatic nitrogens is 2. The van der Waals surface area contributed by atoms with Crippen LogP contribution in [0.2, 0.25) is 0 Å². The van der Waals surface area contributed by atoms with Crippen LogP contribution in [0, 0.1) is 0 Å². The second kappa shape index (κ2) is 8.55. The lowest BCUT2D eigenvalue weighted by Gasteiger charge is -2.16. The molecule has 0 atom stereocenters. The van der Waals surface area contributed by atoms with Crippen LogP contribution >= 0.6 is 0 Å². The van der Waals surface area contributed by atoms with Gasteiger partial charge in [-0.2, -0.15) is 18.3 Å². The summed E-state index contributed by atoms with van der Waals surface area (Å²) in [5.74, 6) is 0.754. The zero-order valence-corrected chi connectivity index (χ0v) is 17.9. The van der Waals surface area contributed by atoms with E-state index in [0.717, 1.165) is 17.0 Å². The van der Waals surface area contributed by atoms with E-state index in [1.165, 1.54) is 13.2 Å². The van der Waals surface area contributed by atoms with Gasteiger partial charge in [-0.25, -0.2) is 8.42 Å². The minimum Gasteiger partial charge on any atom is -0.457 e. The molecule has 0 saturated heterocycles. The molecule has 11 heteroatoms. The Labute approximate surface area is 182 Å². The van der Waals surface area contributed by atoms with Crippen LogP contribution in [0.1, 0.15) is 24.0 Å². The van der Waals surface area contributed by atoms with E-state index in [-0.39, 0.29) is 5.56 Å². The highest BCUT2D eigenvalue weighted by Gasteiger charge is 2.49. The summed E-state index contributed by atoms with van der Waals surface area (Å²) in [5, 5.41) is 7.57. The lowest BCUT2D eigenvalue weighted by Crippen LogP contribution is -2.25. The monoisotopic (exact) mass is 467 g/mol. The average molecular weight is 467 g/mol. The summed E-state index contributed by atoms with van der Waals surface area (Å²) < 4.78 is 75.5. The summed E-state index contributed by atoms with van der Waals surface area (Å²) in [6, 6.07) is 7.42. The molecule has 0 unspecified atom stereocenters. The first-order valence-corrected chi connectivity index (χ1v) is 11.3. The Hall–Kier alpha value is -2.92. The Morgan fingerprint density at radius 3 is 2.75 bits per heavy atom. The largest absolute Gasteiger partial charge is 0.501 e. The van der Waals surface area contributed by atoms with Gasteiger partial charge in [0.05, 0.1) is 16.6 Å². The first-order chi connectivity index (χ1) is 15.2. The number of methoxy groups -OCH3 is 1. The van der Waals surface area contributed by atoms with Gasteiger partial charge in [-0.15, -0.1) is 0 Å². The summed E-state index contributed by atoms with van der Waals surface area (Å²) in [7, 11) is -4.02. The maximum atomic E-state index is 13.3. The lowest BCUT2D eigenvalue weighted by molar-refractivity contribution is -0.0436. The Bertz CT molecular complexity index is 1280. The first kappa shape index (κ1) is 22.3. The maximum absolute atomic E-state index is 13.3. The third kappa shape index (κ3) is 4.09. The molecule has 0 spiro atoms. The van der Waals surface area contributed by atoms with Gasteiger partial charge < -0.3 is 9.47 Å². The average Bonchev–Trinajstić information content (AvgIpc) is 3.37. The van der Waals surface area contributed by atoms with Crippen molar-refractivity contribution >= 4 is 26.5 Å². The molecule has 1 heterocycles. The van der Waals surface area contributed by atoms with E-state index in [0.29, 0.717) is 55.2 Å². The summed E-state index contributed by atoms with van der Waals surface area (Å²) >= 11 is 0. The fraction of sp³-hybridized carbons (Fsp3) is 0.333. The van der Waals surface area contributed by atoms with Crippen LogP contribution in [0.4, 0.5) is 13.2 Å². The molecular weight excluding hydrogens is 447 g/mol. The lowest BCUT2D eigenvalue weighted by atomic mass is 10.1. The van der Waals surface area contributed by atoms with E-state index < -0.39 is 20.2 Å². The number of ether oxygens (including phenoxy) is 2. The van der Waals surface area contributed by atoms with Gasteiger partial charge in [-0.1, -0.05) is 0 Å². The van der Waals surface area contributed by atoms with E-state index in [1.807, 2.05) is 0 Å². The van der Waals surface area contributed by atoms with Gasteiger partial charge in [0.15, 0.2) is 0 Å². The predicted molar refractivity (Wildman–Crippen MR) is 112 cm³/mol. The van der Waals surface area contributed by atoms with E-state index in [9.17, 15) is 21.6 Å². The highest BCUT2D eigenvalue weighted by molar-refractivity contribution is 7.92. The molecule has 0 aliphatic heterocycles. The number of nitrogens with zero attached hydrogens (tertiary/aromatic N) is 2. The number of hydrogen-bond acceptors (Lipinski definition) is 6. The SMILES string of the molecule is COCCC/N=C1/CCc2c(Oc3ccc4[nH]ncc4c3)ccc(S(=O)(=O)C(F)(F)F)c21. The quantitative estimate of drug-likeness (QED) is 0.519. The number of benzene rings is 2. The number of H-pyrrole nitrogens is 1. The summed E-state index contributed by atoms with van der Waals surface area (Å²) in [6.45, 7) is 0.757. The normalized spacial score (nSPS) is 15.4. The van der Waals surface area contributed by atoms with Crippen molar-refractivity contribution < 1.29 is 31.1 Å². The van der Waals surface area contributed by atoms with Crippen molar-refractivity contribution in [3.05, 3.63) is 47.7 Å². The number of alkyl halides is 3. The third-order valence-electron chi connectivity index (χ3n) is 5.18. The van der Waals surface area contributed by atoms with Crippen molar-refractivity contribution in [3.8, 4) is 11.5 Å². The molecule has 1 aliphatic rings. The van der Waals surface area contributed by atoms with Gasteiger partial charge in [0.1, 0.15) is 11.5 Å². The Balaban J connectivity index is 1.78. The van der Waals surface area contributed by atoms with Crippen LogP contribution in [0.25, 0.3) is 10.9 Å². The van der Waals surface area contributed by atoms with Gasteiger partial charge in [-0.3, -0.25) is 10.1 Å². The van der Waals surface area contributed by atoms with Crippen molar-refractivity contribution in [1.82, 2.24) is 10.2 Å². The van der Waals surface area contributed by atoms with Crippen LogP contribution in [-0.2, 0) is 21.0 Å². The van der Waals surface area contributed by atoms with Crippen LogP contribution in [0.15, 0.2) is 46.4 Å². The first-order valence-electron chi connectivity index (χ1n) is 9.83. The third-order valence-corrected chi connectivity index (χ3v) is 6.70. The van der Waals surface area contributed by atoms with Crippen LogP contribution in [-0.4, -0.2) is 50.1 Å². The number of nitrogens with one attached hydrogen (secondary N) is 1. The van der Waals surface area contributed by atoms with Crippen LogP contribution in [0.5, 0.6) is 11.5 Å². The Kier molecular flexibility index (Phi) is 5.95. The smallest absolute Gasteiger partial charge is 0.457 e. The Morgan fingerprint density at radius 2 is 2.00 bits per heavy atom. The van der Waals surface area contributed by atoms with Crippen molar-refractivity contribution in [2.45, 2.75) is 29.7 Å². The molecule has 0 fully saturated rings. The topological polar surface area (TPSA) is 93.6 Å². The molecule has 0 amide bonds. The number of fused-ring (bicyclic) bond motifs is 2. The molecule has 0 radical (unpaired) electrons. The fourth-order valence-corrected chi connectivity index (χ4v) is 4.68. The zero-order chi connectivity index (χ0) is 22.9. The molecule has 4 rings (SSSR count). The highest BCUT2D eigenvalue weighted by atomic mass is 32.2. The molecule has 1 aliphatic carbocycles. The number of sulfone groups is 1. The molecule has 2 aromatic carbocycles. The second-order valence-corrected chi connectivity index (χ2v) is 9.17. The van der Waals surface area contributed by atoms with E-state index in [1.54, 1.807) is 24.4 Å². The van der Waals surface area contributed by atoms with Crippen LogP contribution in [0.3, 0.4) is 0 Å². The number of halogens is 3. The summed E-state index contributed by atoms with van der Waals surface area (Å²) in [6.07, 6.45) is 2.83. The molecule has 7 nitrogen and oxygen atoms in total. The van der Waals surface area contributed by atoms with Crippen molar-refractivity contribution in [2.24, 2.45) is 4.99 Å². The van der Waals surface area contributed by atoms with Crippen LogP contribution < -0.4 is 4.74 Å². The molecule has 32 heavy (non-hydrogen) atoms. The second-order valence-electron chi connectivity index (χ2n) is 7.26. The molecule has 0 saturated carbocycles. The molecule has 1 N–H and O–H groups in total. The summed E-state index contributed by atoms with van der Waals surface area (Å²) in [5.41, 5.74) is -3.90. The van der Waals surface area contributed by atoms with Crippen molar-refractivity contribution in [3.63, 3.8) is 0 Å². The van der Waals surface area contributed by atoms with Gasteiger partial charge >= 0.3 is 5.51 Å². The van der Waals surface area contributed by atoms with E-state index in [2.05, 4.69) is 15.2 Å². The number of aromatic amines is 1. The molecule has 170 valence electrons. The maximum Gasteiger partial charge on any atom is 0.501 e. The molecule has 3 aromatic rings. The molecule has 1 aromatic heterocycles. The van der Waals surface area contributed by atoms with Crippen molar-refractivity contribution in [2.75, 3.05) is 20.3 Å². The van der Waals surface area contributed by atoms with E-state index in [4.69, 9.17) is 9.47 Å². The number of hydrogen-bond donors (Lipinski definition) is 1. The zero-order valence-electron chi connectivity index (χ0n) is 17.1. The number of rotatable bonds is 7. The van der Waals surface area contributed by atoms with E-state index >= 15 is 0 Å². The van der Waals surface area contributed by atoms with Gasteiger partial charge in [-0.05, 0) is 49.6 Å². The standard InChI is InChI=1S/C21H20F3N3O4S/c1-30-10-2-9-25-17-6-4-15-18(31-14-3-5-16-13(11-14)12-26-27-16)7-8-19(20(15)17)32(28,29)21(22,23)24/h3,5,7-8,11-12H,2,4,6,9-10H2,1H3,(H,26,27)/b25-17-. The Morgan fingerprint density at radius 1 is 1.19 bits per heavy atom. The van der Waals surface area contributed by atoms with Gasteiger partial charge in [0, 0.05) is 42.5 Å². The van der Waals surface area contributed by atoms with Crippen molar-refractivity contribution in [1.29, 1.82) is 0 Å². The minimum atomic E-state index is -5.55.